The van der Waals surface area contributed by atoms with Crippen LogP contribution in [0.1, 0.15) is 52.7 Å². The van der Waals surface area contributed by atoms with Gasteiger partial charge in [-0.05, 0) is 47.6 Å². The Kier molecular flexibility index (Phi) is 8.58. The van der Waals surface area contributed by atoms with Crippen LogP contribution < -0.4 is 9.47 Å². The number of allylic oxidation sites excluding steroid dienone is 12. The van der Waals surface area contributed by atoms with E-state index >= 15 is 0 Å². The van der Waals surface area contributed by atoms with E-state index in [4.69, 9.17) is 18.9 Å². The zero-order chi connectivity index (χ0) is 28.9. The molecule has 2 aliphatic heterocycles. The number of methoxy groups -OCH3 is 2. The minimum Gasteiger partial charge on any atom is -0.493 e. The molecule has 0 unspecified atom stereocenters. The number of rotatable bonds is 6. The fraction of sp³-hybridized carbons (Fsp3) is 0.278. The van der Waals surface area contributed by atoms with Crippen LogP contribution in [0, 0.1) is 10.8 Å². The molecule has 2 aromatic rings. The number of hydrogen-bond acceptors (Lipinski definition) is 4. The third kappa shape index (κ3) is 6.69. The predicted octanol–water partition coefficient (Wildman–Crippen LogP) is 9.42. The van der Waals surface area contributed by atoms with Crippen molar-refractivity contribution in [1.29, 1.82) is 0 Å². The van der Waals surface area contributed by atoms with Crippen molar-refractivity contribution < 1.29 is 18.9 Å². The van der Waals surface area contributed by atoms with Crippen LogP contribution in [0.4, 0.5) is 0 Å². The van der Waals surface area contributed by atoms with Crippen LogP contribution in [-0.2, 0) is 9.47 Å². The van der Waals surface area contributed by atoms with E-state index in [-0.39, 0.29) is 10.8 Å². The number of ether oxygens (including phenoxy) is 4. The molecule has 2 heterocycles. The van der Waals surface area contributed by atoms with Crippen LogP contribution in [0.25, 0.3) is 11.1 Å². The van der Waals surface area contributed by atoms with Gasteiger partial charge in [0.05, 0.1) is 14.2 Å². The summed E-state index contributed by atoms with van der Waals surface area (Å²) in [6.07, 6.45) is 16.1. The van der Waals surface area contributed by atoms with E-state index in [1.165, 1.54) is 0 Å². The lowest BCUT2D eigenvalue weighted by Gasteiger charge is -2.28. The molecule has 208 valence electrons. The topological polar surface area (TPSA) is 36.9 Å². The van der Waals surface area contributed by atoms with Crippen molar-refractivity contribution >= 4 is 11.1 Å². The second-order valence-electron chi connectivity index (χ2n) is 11.8. The lowest BCUT2D eigenvalue weighted by atomic mass is 9.89. The second-order valence-corrected chi connectivity index (χ2v) is 11.8. The van der Waals surface area contributed by atoms with Gasteiger partial charge in [-0.25, -0.2) is 0 Å². The molecule has 40 heavy (non-hydrogen) atoms. The Hall–Kier alpha value is -4.18. The van der Waals surface area contributed by atoms with Gasteiger partial charge in [-0.1, -0.05) is 102 Å². The predicted molar refractivity (Wildman–Crippen MR) is 164 cm³/mol. The molecule has 4 rings (SSSR count). The normalized spacial score (nSPS) is 18.0. The van der Waals surface area contributed by atoms with Crippen molar-refractivity contribution in [2.24, 2.45) is 10.8 Å². The third-order valence-corrected chi connectivity index (χ3v) is 6.62. The first kappa shape index (κ1) is 28.8. The fourth-order valence-electron chi connectivity index (χ4n) is 4.32. The van der Waals surface area contributed by atoms with Gasteiger partial charge in [0.1, 0.15) is 23.0 Å². The summed E-state index contributed by atoms with van der Waals surface area (Å²) < 4.78 is 23.8. The molecule has 4 nitrogen and oxygen atoms in total. The van der Waals surface area contributed by atoms with Gasteiger partial charge in [-0.3, -0.25) is 0 Å². The van der Waals surface area contributed by atoms with E-state index in [0.29, 0.717) is 11.5 Å². The zero-order valence-corrected chi connectivity index (χ0v) is 24.9. The Labute approximate surface area is 239 Å². The van der Waals surface area contributed by atoms with Gasteiger partial charge in [-0.15, -0.1) is 0 Å². The van der Waals surface area contributed by atoms with Gasteiger partial charge < -0.3 is 18.9 Å². The molecule has 0 atom stereocenters. The molecule has 2 aromatic carbocycles. The highest BCUT2D eigenvalue weighted by molar-refractivity contribution is 5.82. The van der Waals surface area contributed by atoms with Crippen LogP contribution in [0.15, 0.2) is 120 Å². The van der Waals surface area contributed by atoms with E-state index in [0.717, 1.165) is 45.3 Å². The largest absolute Gasteiger partial charge is 0.493 e. The molecule has 0 N–H and O–H groups in total. The van der Waals surface area contributed by atoms with E-state index < -0.39 is 0 Å². The summed E-state index contributed by atoms with van der Waals surface area (Å²) in [5.74, 6) is 4.83. The molecule has 0 fully saturated rings. The van der Waals surface area contributed by atoms with E-state index in [9.17, 15) is 0 Å². The highest BCUT2D eigenvalue weighted by Gasteiger charge is 2.26. The minimum absolute atomic E-state index is 0.107. The van der Waals surface area contributed by atoms with Crippen LogP contribution in [-0.4, -0.2) is 14.2 Å². The van der Waals surface area contributed by atoms with Gasteiger partial charge in [-0.2, -0.15) is 0 Å². The number of hydrogen-bond donors (Lipinski definition) is 0. The van der Waals surface area contributed by atoms with Gasteiger partial charge in [0.25, 0.3) is 0 Å². The van der Waals surface area contributed by atoms with E-state index in [2.05, 4.69) is 78.0 Å². The van der Waals surface area contributed by atoms with Gasteiger partial charge in [0.15, 0.2) is 11.5 Å². The smallest absolute Gasteiger partial charge is 0.160 e. The number of benzene rings is 2. The van der Waals surface area contributed by atoms with Crippen molar-refractivity contribution in [3.05, 3.63) is 131 Å². The Morgan fingerprint density at radius 3 is 1.32 bits per heavy atom. The molecule has 0 spiro atoms. The Morgan fingerprint density at radius 2 is 0.975 bits per heavy atom. The lowest BCUT2D eigenvalue weighted by molar-refractivity contribution is 0.241. The number of para-hydroxylation sites is 2. The molecule has 0 bridgehead atoms. The SMILES string of the molecule is COC(/C=C/C=C1/C=C(C(C)(C)C)Oc2ccccc21)=C(\C=C\C=C1\C=C(C(C)(C)C)Oc2ccccc21)OC. The third-order valence-electron chi connectivity index (χ3n) is 6.62. The zero-order valence-electron chi connectivity index (χ0n) is 24.9. The highest BCUT2D eigenvalue weighted by atomic mass is 16.5. The lowest BCUT2D eigenvalue weighted by Crippen LogP contribution is -2.18. The Morgan fingerprint density at radius 1 is 0.600 bits per heavy atom. The maximum atomic E-state index is 6.19. The molecular formula is C36H40O4. The van der Waals surface area contributed by atoms with Gasteiger partial charge in [0, 0.05) is 22.0 Å². The Bertz CT molecular complexity index is 1350. The molecule has 0 amide bonds. The fourth-order valence-corrected chi connectivity index (χ4v) is 4.32. The van der Waals surface area contributed by atoms with Crippen molar-refractivity contribution in [3.8, 4) is 11.5 Å². The molecular weight excluding hydrogens is 496 g/mol. The molecule has 2 aliphatic rings. The second kappa shape index (κ2) is 11.9. The summed E-state index contributed by atoms with van der Waals surface area (Å²) in [7, 11) is 3.29. The first-order valence-electron chi connectivity index (χ1n) is 13.6. The van der Waals surface area contributed by atoms with Crippen molar-refractivity contribution in [2.75, 3.05) is 14.2 Å². The molecule has 0 saturated heterocycles. The Balaban J connectivity index is 1.64. The maximum absolute atomic E-state index is 6.19. The van der Waals surface area contributed by atoms with E-state index in [1.807, 2.05) is 60.7 Å². The molecule has 0 aromatic heterocycles. The summed E-state index contributed by atoms with van der Waals surface area (Å²) in [5.41, 5.74) is 4.06. The summed E-state index contributed by atoms with van der Waals surface area (Å²) in [4.78, 5) is 0. The van der Waals surface area contributed by atoms with Crippen LogP contribution >= 0.6 is 0 Å². The summed E-state index contributed by atoms with van der Waals surface area (Å²) in [6, 6.07) is 16.2. The monoisotopic (exact) mass is 536 g/mol. The van der Waals surface area contributed by atoms with Gasteiger partial charge >= 0.3 is 0 Å². The van der Waals surface area contributed by atoms with Gasteiger partial charge in [0.2, 0.25) is 0 Å². The number of fused-ring (bicyclic) bond motifs is 2. The van der Waals surface area contributed by atoms with Crippen LogP contribution in [0.2, 0.25) is 0 Å². The quantitative estimate of drug-likeness (QED) is 0.272. The molecule has 0 radical (unpaired) electrons. The highest BCUT2D eigenvalue weighted by Crippen LogP contribution is 2.40. The summed E-state index contributed by atoms with van der Waals surface area (Å²) in [6.45, 7) is 12.9. The first-order valence-corrected chi connectivity index (χ1v) is 13.6. The summed E-state index contributed by atoms with van der Waals surface area (Å²) >= 11 is 0. The van der Waals surface area contributed by atoms with Crippen molar-refractivity contribution in [2.45, 2.75) is 41.5 Å². The molecule has 4 heteroatoms. The minimum atomic E-state index is -0.107. The summed E-state index contributed by atoms with van der Waals surface area (Å²) in [5, 5.41) is 0. The van der Waals surface area contributed by atoms with Crippen molar-refractivity contribution in [1.82, 2.24) is 0 Å². The van der Waals surface area contributed by atoms with Crippen LogP contribution in [0.5, 0.6) is 11.5 Å². The average molecular weight is 537 g/mol. The maximum Gasteiger partial charge on any atom is 0.160 e. The standard InChI is InChI=1S/C36H40O4/c1-35(2,3)33-23-25(27-17-9-11-19-29(27)39-33)15-13-21-31(37-7)32(38-8)22-14-16-26-24-34(36(4,5)6)40-30-20-12-10-18-28(26)30/h9-24H,1-8H3/b21-13+,22-14+,25-15-,26-16-,32-31+. The van der Waals surface area contributed by atoms with E-state index in [1.54, 1.807) is 14.2 Å². The van der Waals surface area contributed by atoms with Crippen LogP contribution in [0.3, 0.4) is 0 Å². The first-order chi connectivity index (χ1) is 19.0. The average Bonchev–Trinajstić information content (AvgIpc) is 2.92. The van der Waals surface area contributed by atoms with Crippen molar-refractivity contribution in [3.63, 3.8) is 0 Å². The molecule has 0 aliphatic carbocycles. The molecule has 0 saturated carbocycles.